The van der Waals surface area contributed by atoms with Crippen molar-refractivity contribution in [1.82, 2.24) is 9.80 Å². The molecule has 0 saturated carbocycles. The molecule has 1 heterocycles. The Morgan fingerprint density at radius 2 is 1.71 bits per heavy atom. The van der Waals surface area contributed by atoms with Gasteiger partial charge in [0, 0.05) is 45.4 Å². The zero-order chi connectivity index (χ0) is 12.7. The molecule has 0 bridgehead atoms. The van der Waals surface area contributed by atoms with Gasteiger partial charge in [0.1, 0.15) is 0 Å². The van der Waals surface area contributed by atoms with Crippen LogP contribution >= 0.6 is 0 Å². The predicted molar refractivity (Wildman–Crippen MR) is 72.2 cm³/mol. The van der Waals surface area contributed by atoms with E-state index in [1.54, 1.807) is 7.11 Å². The molecule has 1 rings (SSSR count). The van der Waals surface area contributed by atoms with Gasteiger partial charge in [0.2, 0.25) is 0 Å². The molecule has 1 aliphatic rings. The van der Waals surface area contributed by atoms with Crippen molar-refractivity contribution < 1.29 is 4.74 Å². The maximum Gasteiger partial charge on any atom is 0.0618 e. The Morgan fingerprint density at radius 1 is 1.12 bits per heavy atom. The number of ether oxygens (including phenoxy) is 1. The third-order valence-electron chi connectivity index (χ3n) is 3.70. The maximum absolute atomic E-state index is 5.60. The number of rotatable bonds is 7. The molecule has 1 fully saturated rings. The Hall–Kier alpha value is -0.160. The third-order valence-corrected chi connectivity index (χ3v) is 3.70. The fourth-order valence-electron chi connectivity index (χ4n) is 2.54. The number of methoxy groups -OCH3 is 1. The molecule has 4 heteroatoms. The zero-order valence-electron chi connectivity index (χ0n) is 11.7. The topological polar surface area (TPSA) is 41.7 Å². The molecule has 0 aromatic carbocycles. The van der Waals surface area contributed by atoms with Gasteiger partial charge in [-0.05, 0) is 33.2 Å². The van der Waals surface area contributed by atoms with E-state index in [2.05, 4.69) is 23.6 Å². The van der Waals surface area contributed by atoms with E-state index >= 15 is 0 Å². The third kappa shape index (κ3) is 4.92. The largest absolute Gasteiger partial charge is 0.383 e. The molecule has 0 spiro atoms. The van der Waals surface area contributed by atoms with Crippen LogP contribution in [0, 0.1) is 0 Å². The maximum atomic E-state index is 5.60. The standard InChI is InChI=1S/C13H29N3O/c1-12(2)15-7-9-16(10-8-15)13(11-17-3)5-4-6-14/h12-13H,4-11,14H2,1-3H3. The summed E-state index contributed by atoms with van der Waals surface area (Å²) in [7, 11) is 1.79. The first-order valence-corrected chi connectivity index (χ1v) is 6.86. The van der Waals surface area contributed by atoms with Crippen molar-refractivity contribution in [2.75, 3.05) is 46.4 Å². The van der Waals surface area contributed by atoms with Gasteiger partial charge in [-0.25, -0.2) is 0 Å². The van der Waals surface area contributed by atoms with Crippen molar-refractivity contribution in [2.45, 2.75) is 38.8 Å². The second kappa shape index (κ2) is 8.03. The minimum Gasteiger partial charge on any atom is -0.383 e. The van der Waals surface area contributed by atoms with Gasteiger partial charge < -0.3 is 10.5 Å². The monoisotopic (exact) mass is 243 g/mol. The van der Waals surface area contributed by atoms with Crippen LogP contribution in [0.2, 0.25) is 0 Å². The summed E-state index contributed by atoms with van der Waals surface area (Å²) in [5.74, 6) is 0. The summed E-state index contributed by atoms with van der Waals surface area (Å²) in [6, 6.07) is 1.22. The van der Waals surface area contributed by atoms with E-state index in [-0.39, 0.29) is 0 Å². The number of hydrogen-bond donors (Lipinski definition) is 1. The van der Waals surface area contributed by atoms with E-state index in [1.807, 2.05) is 0 Å². The Balaban J connectivity index is 2.37. The zero-order valence-corrected chi connectivity index (χ0v) is 11.7. The van der Waals surface area contributed by atoms with Crippen LogP contribution in [0.4, 0.5) is 0 Å². The number of hydrogen-bond acceptors (Lipinski definition) is 4. The molecule has 4 nitrogen and oxygen atoms in total. The summed E-state index contributed by atoms with van der Waals surface area (Å²) in [4.78, 5) is 5.11. The summed E-state index contributed by atoms with van der Waals surface area (Å²) >= 11 is 0. The molecule has 17 heavy (non-hydrogen) atoms. The van der Waals surface area contributed by atoms with Gasteiger partial charge in [-0.1, -0.05) is 0 Å². The van der Waals surface area contributed by atoms with Gasteiger partial charge >= 0.3 is 0 Å². The first-order valence-electron chi connectivity index (χ1n) is 6.86. The molecule has 1 saturated heterocycles. The number of nitrogens with zero attached hydrogens (tertiary/aromatic N) is 2. The molecule has 0 amide bonds. The normalized spacial score (nSPS) is 21.0. The average molecular weight is 243 g/mol. The Labute approximate surface area is 106 Å². The second-order valence-corrected chi connectivity index (χ2v) is 5.21. The minimum absolute atomic E-state index is 0.554. The molecule has 1 unspecified atom stereocenters. The van der Waals surface area contributed by atoms with E-state index in [0.29, 0.717) is 12.1 Å². The van der Waals surface area contributed by atoms with Crippen LogP contribution < -0.4 is 5.73 Å². The van der Waals surface area contributed by atoms with Gasteiger partial charge in [0.15, 0.2) is 0 Å². The highest BCUT2D eigenvalue weighted by atomic mass is 16.5. The minimum atomic E-state index is 0.554. The van der Waals surface area contributed by atoms with Crippen LogP contribution in [0.5, 0.6) is 0 Å². The summed E-state index contributed by atoms with van der Waals surface area (Å²) in [6.07, 6.45) is 2.25. The lowest BCUT2D eigenvalue weighted by Gasteiger charge is -2.40. The van der Waals surface area contributed by atoms with Crippen LogP contribution in [-0.4, -0.2) is 68.3 Å². The molecule has 2 N–H and O–H groups in total. The molecule has 0 radical (unpaired) electrons. The van der Waals surface area contributed by atoms with Crippen molar-refractivity contribution in [2.24, 2.45) is 5.73 Å². The van der Waals surface area contributed by atoms with Crippen LogP contribution in [0.3, 0.4) is 0 Å². The van der Waals surface area contributed by atoms with E-state index in [0.717, 1.165) is 39.1 Å². The molecule has 1 aliphatic heterocycles. The summed E-state index contributed by atoms with van der Waals surface area (Å²) in [6.45, 7) is 10.9. The Bertz CT molecular complexity index is 191. The first-order chi connectivity index (χ1) is 8.19. The van der Waals surface area contributed by atoms with Crippen LogP contribution in [-0.2, 0) is 4.74 Å². The highest BCUT2D eigenvalue weighted by Crippen LogP contribution is 2.13. The lowest BCUT2D eigenvalue weighted by atomic mass is 10.1. The summed E-state index contributed by atoms with van der Waals surface area (Å²) < 4.78 is 5.33. The van der Waals surface area contributed by atoms with Crippen molar-refractivity contribution in [3.8, 4) is 0 Å². The number of piperazine rings is 1. The van der Waals surface area contributed by atoms with Crippen LogP contribution in [0.25, 0.3) is 0 Å². The van der Waals surface area contributed by atoms with Crippen molar-refractivity contribution in [3.63, 3.8) is 0 Å². The van der Waals surface area contributed by atoms with Crippen molar-refractivity contribution in [1.29, 1.82) is 0 Å². The van der Waals surface area contributed by atoms with Gasteiger partial charge in [-0.15, -0.1) is 0 Å². The van der Waals surface area contributed by atoms with Gasteiger partial charge in [-0.2, -0.15) is 0 Å². The Kier molecular flexibility index (Phi) is 7.04. The molecule has 0 aliphatic carbocycles. The van der Waals surface area contributed by atoms with Crippen molar-refractivity contribution in [3.05, 3.63) is 0 Å². The quantitative estimate of drug-likeness (QED) is 0.717. The summed E-state index contributed by atoms with van der Waals surface area (Å²) in [5, 5.41) is 0. The highest BCUT2D eigenvalue weighted by molar-refractivity contribution is 4.80. The molecule has 1 atom stereocenters. The Morgan fingerprint density at radius 3 is 2.18 bits per heavy atom. The van der Waals surface area contributed by atoms with E-state index < -0.39 is 0 Å². The smallest absolute Gasteiger partial charge is 0.0618 e. The number of nitrogens with two attached hydrogens (primary N) is 1. The summed E-state index contributed by atoms with van der Waals surface area (Å²) in [5.41, 5.74) is 5.60. The van der Waals surface area contributed by atoms with Gasteiger partial charge in [0.25, 0.3) is 0 Å². The lowest BCUT2D eigenvalue weighted by Crippen LogP contribution is -2.53. The molecule has 0 aromatic rings. The molecular weight excluding hydrogens is 214 g/mol. The van der Waals surface area contributed by atoms with Crippen LogP contribution in [0.1, 0.15) is 26.7 Å². The van der Waals surface area contributed by atoms with E-state index in [4.69, 9.17) is 10.5 Å². The highest BCUT2D eigenvalue weighted by Gasteiger charge is 2.24. The van der Waals surface area contributed by atoms with Crippen molar-refractivity contribution >= 4 is 0 Å². The van der Waals surface area contributed by atoms with Crippen LogP contribution in [0.15, 0.2) is 0 Å². The fraction of sp³-hybridized carbons (Fsp3) is 1.00. The first kappa shape index (κ1) is 14.9. The lowest BCUT2D eigenvalue weighted by molar-refractivity contribution is 0.0366. The average Bonchev–Trinajstić information content (AvgIpc) is 2.34. The second-order valence-electron chi connectivity index (χ2n) is 5.21. The SMILES string of the molecule is COCC(CCCN)N1CCN(C(C)C)CC1. The fourth-order valence-corrected chi connectivity index (χ4v) is 2.54. The molecule has 0 aromatic heterocycles. The molecule has 102 valence electrons. The van der Waals surface area contributed by atoms with E-state index in [1.165, 1.54) is 13.1 Å². The van der Waals surface area contributed by atoms with Gasteiger partial charge in [-0.3, -0.25) is 9.80 Å². The van der Waals surface area contributed by atoms with E-state index in [9.17, 15) is 0 Å². The van der Waals surface area contributed by atoms with Gasteiger partial charge in [0.05, 0.1) is 6.61 Å². The predicted octanol–water partition coefficient (Wildman–Crippen LogP) is 0.766. The molecular formula is C13H29N3O.